The molecule has 0 amide bonds. The lowest BCUT2D eigenvalue weighted by Crippen LogP contribution is -2.31. The van der Waals surface area contributed by atoms with Crippen LogP contribution in [0.2, 0.25) is 19.6 Å². The van der Waals surface area contributed by atoms with E-state index in [9.17, 15) is 0 Å². The Morgan fingerprint density at radius 2 is 2.00 bits per heavy atom. The third-order valence-electron chi connectivity index (χ3n) is 1.76. The maximum Gasteiger partial charge on any atom is 0.171 e. The number of nitrogens with zero attached hydrogens (tertiary/aromatic N) is 2. The normalized spacial score (nSPS) is 13.1. The van der Waals surface area contributed by atoms with Gasteiger partial charge in [0.05, 0.1) is 0 Å². The third-order valence-corrected chi connectivity index (χ3v) is 2.72. The van der Waals surface area contributed by atoms with Crippen LogP contribution in [0.4, 0.5) is 0 Å². The Bertz CT molecular complexity index is 147. The fourth-order valence-corrected chi connectivity index (χ4v) is 1.63. The van der Waals surface area contributed by atoms with Gasteiger partial charge < -0.3 is 10.4 Å². The van der Waals surface area contributed by atoms with Gasteiger partial charge in [0.25, 0.3) is 0 Å². The van der Waals surface area contributed by atoms with Gasteiger partial charge in [0.1, 0.15) is 0 Å². The highest BCUT2D eigenvalue weighted by molar-refractivity contribution is 6.75. The quantitative estimate of drug-likeness (QED) is 0.402. The molecule has 78 valence electrons. The first-order chi connectivity index (χ1) is 5.99. The van der Waals surface area contributed by atoms with Crippen molar-refractivity contribution in [3.05, 3.63) is 0 Å². The molecular weight excluding hydrogens is 178 g/mol. The van der Waals surface area contributed by atoms with E-state index in [0.29, 0.717) is 6.67 Å². The zero-order valence-electron chi connectivity index (χ0n) is 9.38. The van der Waals surface area contributed by atoms with E-state index in [1.807, 2.05) is 0 Å². The molecule has 0 radical (unpaired) electrons. The lowest BCUT2D eigenvalue weighted by molar-refractivity contribution is 0.306. The molecule has 0 rings (SSSR count). The van der Waals surface area contributed by atoms with Gasteiger partial charge in [-0.05, 0) is 38.8 Å². The minimum Gasteiger partial charge on any atom is -0.334 e. The van der Waals surface area contributed by atoms with Crippen molar-refractivity contribution in [2.45, 2.75) is 33.0 Å². The molecule has 0 atom stereocenters. The van der Waals surface area contributed by atoms with Crippen molar-refractivity contribution in [3.8, 4) is 0 Å². The highest BCUT2D eigenvalue weighted by Crippen LogP contribution is 2.00. The van der Waals surface area contributed by atoms with Gasteiger partial charge in [-0.25, -0.2) is 0 Å². The Kier molecular flexibility index (Phi) is 6.20. The molecule has 0 aliphatic rings. The summed E-state index contributed by atoms with van der Waals surface area (Å²) in [6, 6.07) is 0. The van der Waals surface area contributed by atoms with Crippen LogP contribution >= 0.6 is 0 Å². The topological polar surface area (TPSA) is 41.6 Å². The standard InChI is InChI=1S/C9H23N3Si/c1-5-12(9-10)8-6-7-11-13(2,3)4/h7H,5-6,8-10H2,1-4H3. The Hall–Kier alpha value is -0.193. The minimum atomic E-state index is -1.23. The summed E-state index contributed by atoms with van der Waals surface area (Å²) in [6.07, 6.45) is 3.08. The number of hydrogen-bond donors (Lipinski definition) is 1. The first-order valence-electron chi connectivity index (χ1n) is 4.95. The van der Waals surface area contributed by atoms with Gasteiger partial charge in [-0.3, -0.25) is 4.90 Å². The number of rotatable bonds is 6. The highest BCUT2D eigenvalue weighted by atomic mass is 28.3. The first kappa shape index (κ1) is 12.8. The van der Waals surface area contributed by atoms with E-state index in [2.05, 4.69) is 42.3 Å². The van der Waals surface area contributed by atoms with Gasteiger partial charge >= 0.3 is 0 Å². The molecule has 0 unspecified atom stereocenters. The van der Waals surface area contributed by atoms with Crippen molar-refractivity contribution in [2.75, 3.05) is 19.8 Å². The van der Waals surface area contributed by atoms with Crippen molar-refractivity contribution in [2.24, 2.45) is 10.4 Å². The zero-order valence-corrected chi connectivity index (χ0v) is 10.4. The molecule has 2 N–H and O–H groups in total. The van der Waals surface area contributed by atoms with Crippen LogP contribution in [-0.2, 0) is 0 Å². The summed E-state index contributed by atoms with van der Waals surface area (Å²) in [5.74, 6) is 0. The fourth-order valence-electron chi connectivity index (χ4n) is 0.957. The summed E-state index contributed by atoms with van der Waals surface area (Å²) in [5.41, 5.74) is 5.54. The molecule has 0 heterocycles. The van der Waals surface area contributed by atoms with Crippen molar-refractivity contribution < 1.29 is 0 Å². The van der Waals surface area contributed by atoms with Crippen LogP contribution in [0.1, 0.15) is 13.3 Å². The van der Waals surface area contributed by atoms with Gasteiger partial charge in [0, 0.05) is 13.2 Å². The van der Waals surface area contributed by atoms with Crippen LogP contribution in [0.3, 0.4) is 0 Å². The maximum absolute atomic E-state index is 5.54. The van der Waals surface area contributed by atoms with Gasteiger partial charge in [-0.15, -0.1) is 0 Å². The minimum absolute atomic E-state index is 0.650. The largest absolute Gasteiger partial charge is 0.334 e. The van der Waals surface area contributed by atoms with Crippen LogP contribution in [0.15, 0.2) is 4.66 Å². The zero-order chi connectivity index (χ0) is 10.3. The van der Waals surface area contributed by atoms with E-state index in [-0.39, 0.29) is 0 Å². The average molecular weight is 201 g/mol. The summed E-state index contributed by atoms with van der Waals surface area (Å²) in [7, 11) is -1.23. The Morgan fingerprint density at radius 3 is 2.38 bits per heavy atom. The molecule has 13 heavy (non-hydrogen) atoms. The van der Waals surface area contributed by atoms with Crippen LogP contribution in [0.25, 0.3) is 0 Å². The van der Waals surface area contributed by atoms with Gasteiger partial charge in [0.15, 0.2) is 8.24 Å². The Morgan fingerprint density at radius 1 is 1.38 bits per heavy atom. The Balaban J connectivity index is 3.60. The molecule has 0 aliphatic heterocycles. The third kappa shape index (κ3) is 8.15. The SMILES string of the molecule is CCN(CN)CCC=N[Si](C)(C)C. The summed E-state index contributed by atoms with van der Waals surface area (Å²) >= 11 is 0. The van der Waals surface area contributed by atoms with E-state index >= 15 is 0 Å². The predicted octanol–water partition coefficient (Wildman–Crippen LogP) is 1.52. The van der Waals surface area contributed by atoms with Crippen molar-refractivity contribution >= 4 is 14.5 Å². The highest BCUT2D eigenvalue weighted by Gasteiger charge is 2.08. The smallest absolute Gasteiger partial charge is 0.171 e. The van der Waals surface area contributed by atoms with E-state index in [1.54, 1.807) is 0 Å². The second-order valence-corrected chi connectivity index (χ2v) is 8.76. The monoisotopic (exact) mass is 201 g/mol. The molecule has 0 saturated heterocycles. The molecule has 0 aliphatic carbocycles. The summed E-state index contributed by atoms with van der Waals surface area (Å²) in [6.45, 7) is 11.6. The molecule has 0 aromatic heterocycles. The molecular formula is C9H23N3Si. The fraction of sp³-hybridized carbons (Fsp3) is 0.889. The molecule has 0 saturated carbocycles. The molecule has 0 bridgehead atoms. The van der Waals surface area contributed by atoms with Gasteiger partial charge in [-0.1, -0.05) is 6.92 Å². The molecule has 0 aromatic carbocycles. The summed E-state index contributed by atoms with van der Waals surface area (Å²) in [5, 5.41) is 0. The van der Waals surface area contributed by atoms with Gasteiger partial charge in [-0.2, -0.15) is 0 Å². The maximum atomic E-state index is 5.54. The van der Waals surface area contributed by atoms with E-state index in [4.69, 9.17) is 5.73 Å². The lowest BCUT2D eigenvalue weighted by atomic mass is 10.4. The molecule has 0 fully saturated rings. The van der Waals surface area contributed by atoms with E-state index < -0.39 is 8.24 Å². The second kappa shape index (κ2) is 6.29. The Labute approximate surface area is 83.1 Å². The number of nitrogens with two attached hydrogens (primary N) is 1. The van der Waals surface area contributed by atoms with Crippen LogP contribution < -0.4 is 5.73 Å². The average Bonchev–Trinajstić information content (AvgIpc) is 2.03. The van der Waals surface area contributed by atoms with E-state index in [1.165, 1.54) is 0 Å². The molecule has 4 heteroatoms. The van der Waals surface area contributed by atoms with Crippen LogP contribution in [0, 0.1) is 0 Å². The van der Waals surface area contributed by atoms with Crippen molar-refractivity contribution in [1.82, 2.24) is 4.90 Å². The van der Waals surface area contributed by atoms with Crippen LogP contribution in [-0.4, -0.2) is 39.1 Å². The molecule has 0 aromatic rings. The van der Waals surface area contributed by atoms with E-state index in [0.717, 1.165) is 19.5 Å². The molecule has 3 nitrogen and oxygen atoms in total. The summed E-state index contributed by atoms with van der Waals surface area (Å²) < 4.78 is 4.54. The number of hydrogen-bond acceptors (Lipinski definition) is 3. The van der Waals surface area contributed by atoms with Gasteiger partial charge in [0.2, 0.25) is 0 Å². The second-order valence-electron chi connectivity index (χ2n) is 4.16. The van der Waals surface area contributed by atoms with Crippen molar-refractivity contribution in [3.63, 3.8) is 0 Å². The summed E-state index contributed by atoms with van der Waals surface area (Å²) in [4.78, 5) is 2.20. The molecule has 0 spiro atoms. The predicted molar refractivity (Wildman–Crippen MR) is 62.8 cm³/mol. The van der Waals surface area contributed by atoms with Crippen molar-refractivity contribution in [1.29, 1.82) is 0 Å². The lowest BCUT2D eigenvalue weighted by Gasteiger charge is -2.16. The van der Waals surface area contributed by atoms with Crippen LogP contribution in [0.5, 0.6) is 0 Å². The first-order valence-corrected chi connectivity index (χ1v) is 8.40.